The second kappa shape index (κ2) is 6.18. The van der Waals surface area contributed by atoms with Crippen molar-refractivity contribution in [1.82, 2.24) is 5.32 Å². The highest BCUT2D eigenvalue weighted by atomic mass is 79.9. The zero-order chi connectivity index (χ0) is 15.7. The van der Waals surface area contributed by atoms with Gasteiger partial charge in [0.2, 0.25) is 11.8 Å². The summed E-state index contributed by atoms with van der Waals surface area (Å²) in [5.74, 6) is -0.128. The molecule has 1 aromatic carbocycles. The van der Waals surface area contributed by atoms with Gasteiger partial charge in [0.05, 0.1) is 5.69 Å². The number of halogens is 1. The van der Waals surface area contributed by atoms with Gasteiger partial charge >= 0.3 is 0 Å². The number of amides is 2. The van der Waals surface area contributed by atoms with Crippen LogP contribution in [0.1, 0.15) is 37.8 Å². The lowest BCUT2D eigenvalue weighted by Gasteiger charge is -2.38. The molecule has 1 aliphatic heterocycles. The number of carbonyl (C=O) groups excluding carboxylic acids is 2. The fourth-order valence-electron chi connectivity index (χ4n) is 2.83. The SMILES string of the molecule is CCCC1NC(=O)C(C)N(c2c(C)cc(C)cc2Br)C1=O. The molecule has 2 unspecified atom stereocenters. The van der Waals surface area contributed by atoms with E-state index in [4.69, 9.17) is 0 Å². The molecule has 2 amide bonds. The molecule has 4 nitrogen and oxygen atoms in total. The molecular formula is C16H21BrN2O2. The number of hydrogen-bond donors (Lipinski definition) is 1. The Morgan fingerprint density at radius 2 is 1.95 bits per heavy atom. The normalized spacial score (nSPS) is 22.4. The van der Waals surface area contributed by atoms with Crippen molar-refractivity contribution in [3.8, 4) is 0 Å². The number of anilines is 1. The number of aryl methyl sites for hydroxylation is 2. The Balaban J connectivity index is 2.49. The van der Waals surface area contributed by atoms with E-state index in [0.29, 0.717) is 6.42 Å². The Hall–Kier alpha value is -1.36. The van der Waals surface area contributed by atoms with Gasteiger partial charge in [-0.15, -0.1) is 0 Å². The van der Waals surface area contributed by atoms with Crippen molar-refractivity contribution in [2.75, 3.05) is 4.90 Å². The summed E-state index contributed by atoms with van der Waals surface area (Å²) in [6.07, 6.45) is 1.52. The third kappa shape index (κ3) is 2.98. The Kier molecular flexibility index (Phi) is 4.71. The smallest absolute Gasteiger partial charge is 0.250 e. The topological polar surface area (TPSA) is 49.4 Å². The molecule has 1 saturated heterocycles. The molecule has 0 spiro atoms. The molecule has 1 heterocycles. The van der Waals surface area contributed by atoms with Crippen LogP contribution in [-0.4, -0.2) is 23.9 Å². The van der Waals surface area contributed by atoms with Gasteiger partial charge < -0.3 is 5.32 Å². The largest absolute Gasteiger partial charge is 0.342 e. The van der Waals surface area contributed by atoms with E-state index in [0.717, 1.165) is 27.7 Å². The number of carbonyl (C=O) groups is 2. The van der Waals surface area contributed by atoms with Crippen molar-refractivity contribution in [1.29, 1.82) is 0 Å². The molecule has 1 aliphatic rings. The van der Waals surface area contributed by atoms with Gasteiger partial charge in [-0.25, -0.2) is 0 Å². The minimum absolute atomic E-state index is 0.0309. The van der Waals surface area contributed by atoms with Crippen LogP contribution in [0, 0.1) is 13.8 Å². The van der Waals surface area contributed by atoms with Crippen LogP contribution in [0.3, 0.4) is 0 Å². The van der Waals surface area contributed by atoms with Gasteiger partial charge in [-0.2, -0.15) is 0 Å². The number of benzene rings is 1. The maximum atomic E-state index is 12.8. The minimum atomic E-state index is -0.497. The van der Waals surface area contributed by atoms with Crippen LogP contribution in [0.2, 0.25) is 0 Å². The van der Waals surface area contributed by atoms with Crippen molar-refractivity contribution in [3.05, 3.63) is 27.7 Å². The second-order valence-corrected chi connectivity index (χ2v) is 6.50. The van der Waals surface area contributed by atoms with E-state index in [-0.39, 0.29) is 11.8 Å². The Morgan fingerprint density at radius 3 is 2.52 bits per heavy atom. The fraction of sp³-hybridized carbons (Fsp3) is 0.500. The lowest BCUT2D eigenvalue weighted by molar-refractivity contribution is -0.133. The van der Waals surface area contributed by atoms with E-state index in [9.17, 15) is 9.59 Å². The molecule has 1 aromatic rings. The van der Waals surface area contributed by atoms with Gasteiger partial charge in [0.25, 0.3) is 0 Å². The highest BCUT2D eigenvalue weighted by Crippen LogP contribution is 2.34. The Morgan fingerprint density at radius 1 is 1.29 bits per heavy atom. The molecule has 1 fully saturated rings. The van der Waals surface area contributed by atoms with Crippen LogP contribution >= 0.6 is 15.9 Å². The first-order chi connectivity index (χ1) is 9.86. The van der Waals surface area contributed by atoms with Crippen molar-refractivity contribution in [2.45, 2.75) is 52.6 Å². The quantitative estimate of drug-likeness (QED) is 0.908. The van der Waals surface area contributed by atoms with Gasteiger partial charge in [0.15, 0.2) is 0 Å². The van der Waals surface area contributed by atoms with Crippen LogP contribution in [0.4, 0.5) is 5.69 Å². The zero-order valence-electron chi connectivity index (χ0n) is 12.9. The van der Waals surface area contributed by atoms with E-state index in [1.165, 1.54) is 0 Å². The summed E-state index contributed by atoms with van der Waals surface area (Å²) in [4.78, 5) is 26.6. The molecular weight excluding hydrogens is 332 g/mol. The molecule has 0 radical (unpaired) electrons. The first-order valence-corrected chi connectivity index (χ1v) is 8.06. The summed E-state index contributed by atoms with van der Waals surface area (Å²) in [6, 6.07) is 3.08. The number of hydrogen-bond acceptors (Lipinski definition) is 2. The maximum Gasteiger partial charge on any atom is 0.250 e. The maximum absolute atomic E-state index is 12.8. The molecule has 1 N–H and O–H groups in total. The summed E-state index contributed by atoms with van der Waals surface area (Å²) >= 11 is 3.54. The van der Waals surface area contributed by atoms with Crippen molar-refractivity contribution in [3.63, 3.8) is 0 Å². The van der Waals surface area contributed by atoms with Gasteiger partial charge in [-0.1, -0.05) is 19.4 Å². The van der Waals surface area contributed by atoms with E-state index >= 15 is 0 Å². The van der Waals surface area contributed by atoms with Gasteiger partial charge in [0.1, 0.15) is 12.1 Å². The molecule has 21 heavy (non-hydrogen) atoms. The van der Waals surface area contributed by atoms with Crippen LogP contribution in [-0.2, 0) is 9.59 Å². The van der Waals surface area contributed by atoms with Crippen molar-refractivity contribution >= 4 is 33.4 Å². The average molecular weight is 353 g/mol. The summed E-state index contributed by atoms with van der Waals surface area (Å²) in [5.41, 5.74) is 2.91. The predicted molar refractivity (Wildman–Crippen MR) is 87.4 cm³/mol. The highest BCUT2D eigenvalue weighted by Gasteiger charge is 2.39. The first-order valence-electron chi connectivity index (χ1n) is 7.27. The van der Waals surface area contributed by atoms with Crippen molar-refractivity contribution in [2.24, 2.45) is 0 Å². The average Bonchev–Trinajstić information content (AvgIpc) is 2.39. The molecule has 5 heteroatoms. The van der Waals surface area contributed by atoms with Crippen molar-refractivity contribution < 1.29 is 9.59 Å². The van der Waals surface area contributed by atoms with E-state index < -0.39 is 12.1 Å². The van der Waals surface area contributed by atoms with E-state index in [1.807, 2.05) is 32.9 Å². The molecule has 0 saturated carbocycles. The number of nitrogens with one attached hydrogen (secondary N) is 1. The standard InChI is InChI=1S/C16H21BrN2O2/c1-5-6-13-16(21)19(11(4)15(20)18-13)14-10(3)7-9(2)8-12(14)17/h7-8,11,13H,5-6H2,1-4H3,(H,18,20). The number of nitrogens with zero attached hydrogens (tertiary/aromatic N) is 1. The predicted octanol–water partition coefficient (Wildman–Crippen LogP) is 3.09. The number of piperazine rings is 1. The lowest BCUT2D eigenvalue weighted by atomic mass is 10.0. The fourth-order valence-corrected chi connectivity index (χ4v) is 3.70. The van der Waals surface area contributed by atoms with Crippen LogP contribution in [0.5, 0.6) is 0 Å². The molecule has 0 aromatic heterocycles. The van der Waals surface area contributed by atoms with E-state index in [2.05, 4.69) is 21.2 Å². The summed E-state index contributed by atoms with van der Waals surface area (Å²) in [7, 11) is 0. The summed E-state index contributed by atoms with van der Waals surface area (Å²) < 4.78 is 0.852. The van der Waals surface area contributed by atoms with Crippen LogP contribution in [0.15, 0.2) is 16.6 Å². The van der Waals surface area contributed by atoms with E-state index in [1.54, 1.807) is 11.8 Å². The third-order valence-corrected chi connectivity index (χ3v) is 4.44. The molecule has 2 rings (SSSR count). The first kappa shape index (κ1) is 16.0. The monoisotopic (exact) mass is 352 g/mol. The van der Waals surface area contributed by atoms with Crippen LogP contribution in [0.25, 0.3) is 0 Å². The molecule has 0 bridgehead atoms. The van der Waals surface area contributed by atoms with Gasteiger partial charge in [-0.05, 0) is 60.3 Å². The highest BCUT2D eigenvalue weighted by molar-refractivity contribution is 9.10. The van der Waals surface area contributed by atoms with Crippen LogP contribution < -0.4 is 10.2 Å². The molecule has 114 valence electrons. The second-order valence-electron chi connectivity index (χ2n) is 5.65. The van der Waals surface area contributed by atoms with Gasteiger partial charge in [0, 0.05) is 4.47 Å². The molecule has 2 atom stereocenters. The summed E-state index contributed by atoms with van der Waals surface area (Å²) in [5, 5.41) is 2.82. The zero-order valence-corrected chi connectivity index (χ0v) is 14.5. The minimum Gasteiger partial charge on any atom is -0.342 e. The Labute approximate surface area is 134 Å². The third-order valence-electron chi connectivity index (χ3n) is 3.84. The Bertz CT molecular complexity index is 563. The number of rotatable bonds is 3. The van der Waals surface area contributed by atoms with Gasteiger partial charge in [-0.3, -0.25) is 14.5 Å². The lowest BCUT2D eigenvalue weighted by Crippen LogP contribution is -2.62. The summed E-state index contributed by atoms with van der Waals surface area (Å²) in [6.45, 7) is 7.75. The molecule has 0 aliphatic carbocycles.